The summed E-state index contributed by atoms with van der Waals surface area (Å²) in [6, 6.07) is 41.8. The van der Waals surface area contributed by atoms with Gasteiger partial charge in [-0.3, -0.25) is 14.4 Å². The highest BCUT2D eigenvalue weighted by molar-refractivity contribution is 8.02. The van der Waals surface area contributed by atoms with Crippen molar-refractivity contribution < 1.29 is 49.8 Å². The van der Waals surface area contributed by atoms with E-state index >= 15 is 0 Å². The number of aliphatic hydroxyl groups excluding tert-OH is 1. The van der Waals surface area contributed by atoms with Gasteiger partial charge in [0.1, 0.15) is 28.4 Å². The van der Waals surface area contributed by atoms with E-state index in [-0.39, 0.29) is 54.9 Å². The van der Waals surface area contributed by atoms with Gasteiger partial charge in [0, 0.05) is 37.6 Å². The predicted octanol–water partition coefficient (Wildman–Crippen LogP) is 8.13. The molecule has 75 heavy (non-hydrogen) atoms. The quantitative estimate of drug-likeness (QED) is 0.0568. The van der Waals surface area contributed by atoms with E-state index in [1.54, 1.807) is 60.7 Å². The Morgan fingerprint density at radius 1 is 0.600 bits per heavy atom. The fourth-order valence-electron chi connectivity index (χ4n) is 8.28. The van der Waals surface area contributed by atoms with Crippen LogP contribution in [0.15, 0.2) is 168 Å². The summed E-state index contributed by atoms with van der Waals surface area (Å²) in [5, 5.41) is 13.2. The Balaban J connectivity index is 0.000000222. The number of carbonyl (C=O) groups is 3. The van der Waals surface area contributed by atoms with Gasteiger partial charge in [-0.15, -0.1) is 23.5 Å². The molecule has 6 aromatic rings. The third-order valence-corrected chi connectivity index (χ3v) is 18.9. The fraction of sp³-hybridized carbons (Fsp3) is 0.291. The van der Waals surface area contributed by atoms with E-state index in [1.807, 2.05) is 74.5 Å². The summed E-state index contributed by atoms with van der Waals surface area (Å²) in [7, 11) is -7.86. The third kappa shape index (κ3) is 14.5. The molecule has 396 valence electrons. The van der Waals surface area contributed by atoms with Gasteiger partial charge in [0.15, 0.2) is 0 Å². The smallest absolute Gasteiger partial charge is 0.323 e. The van der Waals surface area contributed by atoms with Crippen molar-refractivity contribution in [3.63, 3.8) is 0 Å². The summed E-state index contributed by atoms with van der Waals surface area (Å²) >= 11 is 2.48. The number of halogens is 2. The first-order chi connectivity index (χ1) is 36.0. The topological polar surface area (TPSA) is 206 Å². The molecule has 0 aromatic heterocycles. The summed E-state index contributed by atoms with van der Waals surface area (Å²) in [6.07, 6.45) is 0.418. The molecule has 5 N–H and O–H groups in total. The van der Waals surface area contributed by atoms with E-state index in [1.165, 1.54) is 68.5 Å². The predicted molar refractivity (Wildman–Crippen MR) is 289 cm³/mol. The van der Waals surface area contributed by atoms with E-state index in [0.717, 1.165) is 22.3 Å². The van der Waals surface area contributed by atoms with Gasteiger partial charge in [-0.25, -0.2) is 25.6 Å². The lowest BCUT2D eigenvalue weighted by atomic mass is 10.0. The van der Waals surface area contributed by atoms with E-state index in [4.69, 9.17) is 10.5 Å². The number of aliphatic hydroxyl groups is 1. The number of nitrogens with zero attached hydrogens (tertiary/aromatic N) is 2. The Morgan fingerprint density at radius 3 is 1.35 bits per heavy atom. The van der Waals surface area contributed by atoms with Gasteiger partial charge in [0.25, 0.3) is 0 Å². The lowest BCUT2D eigenvalue weighted by Gasteiger charge is -2.26. The van der Waals surface area contributed by atoms with Crippen LogP contribution in [0.1, 0.15) is 49.9 Å². The Hall–Kier alpha value is -5.97. The van der Waals surface area contributed by atoms with Crippen LogP contribution in [0.3, 0.4) is 0 Å². The SMILES string of the molecule is CC(C)[C@H](N)C(=O)OCC[C@H](NC(=O)[C@@H]1SCCN1S(=O)(=O)c1ccc(-c2ccccc2)cc1)c1ccc(F)cc1.O=C(N[C@@H](CCO)c1ccc(F)cc1)[C@@H]1SCCN1S(=O)(=O)c1ccc(-c2ccccc2)cc1. The maximum atomic E-state index is 13.6. The molecular formula is C55H59F2N5O9S4. The van der Waals surface area contributed by atoms with Gasteiger partial charge in [-0.05, 0) is 94.3 Å². The molecule has 2 saturated heterocycles. The minimum Gasteiger partial charge on any atom is -0.464 e. The molecule has 2 amide bonds. The number of esters is 1. The zero-order chi connectivity index (χ0) is 53.7. The number of hydrogen-bond acceptors (Lipinski definition) is 12. The second kappa shape index (κ2) is 26.2. The van der Waals surface area contributed by atoms with Crippen LogP contribution in [-0.4, -0.2) is 103 Å². The van der Waals surface area contributed by atoms with Crippen LogP contribution in [0.4, 0.5) is 8.78 Å². The molecule has 14 nitrogen and oxygen atoms in total. The highest BCUT2D eigenvalue weighted by atomic mass is 32.2. The number of amides is 2. The molecule has 2 aliphatic heterocycles. The van der Waals surface area contributed by atoms with Crippen LogP contribution in [0, 0.1) is 17.6 Å². The summed E-state index contributed by atoms with van der Waals surface area (Å²) in [5.74, 6) is -1.52. The van der Waals surface area contributed by atoms with Crippen molar-refractivity contribution >= 4 is 61.4 Å². The van der Waals surface area contributed by atoms with Crippen molar-refractivity contribution in [2.24, 2.45) is 11.7 Å². The number of rotatable bonds is 19. The average Bonchev–Trinajstić information content (AvgIpc) is 4.15. The van der Waals surface area contributed by atoms with E-state index in [2.05, 4.69) is 10.6 Å². The summed E-state index contributed by atoms with van der Waals surface area (Å²) in [6.45, 7) is 3.80. The van der Waals surface area contributed by atoms with Crippen molar-refractivity contribution in [3.8, 4) is 22.3 Å². The zero-order valence-electron chi connectivity index (χ0n) is 41.2. The molecule has 2 heterocycles. The number of sulfonamides is 2. The molecule has 0 radical (unpaired) electrons. The third-order valence-electron chi connectivity index (χ3n) is 12.5. The number of thioether (sulfide) groups is 2. The Morgan fingerprint density at radius 2 is 0.973 bits per heavy atom. The zero-order valence-corrected chi connectivity index (χ0v) is 44.5. The maximum absolute atomic E-state index is 13.6. The van der Waals surface area contributed by atoms with E-state index < -0.39 is 78.3 Å². The first-order valence-electron chi connectivity index (χ1n) is 24.2. The number of nitrogens with two attached hydrogens (primary N) is 1. The van der Waals surface area contributed by atoms with Gasteiger partial charge in [0.05, 0.1) is 28.5 Å². The van der Waals surface area contributed by atoms with E-state index in [9.17, 15) is 45.1 Å². The largest absolute Gasteiger partial charge is 0.464 e. The highest BCUT2D eigenvalue weighted by Crippen LogP contribution is 2.34. The van der Waals surface area contributed by atoms with Crippen LogP contribution in [-0.2, 0) is 39.2 Å². The Bertz CT molecular complexity index is 3070. The van der Waals surface area contributed by atoms with Crippen molar-refractivity contribution in [1.29, 1.82) is 0 Å². The molecule has 0 bridgehead atoms. The molecule has 0 unspecified atom stereocenters. The fourth-order valence-corrected chi connectivity index (χ4v) is 14.5. The van der Waals surface area contributed by atoms with Crippen LogP contribution in [0.5, 0.6) is 0 Å². The summed E-state index contributed by atoms with van der Waals surface area (Å²) < 4.78 is 88.5. The molecule has 2 fully saturated rings. The lowest BCUT2D eigenvalue weighted by molar-refractivity contribution is -0.146. The first kappa shape index (κ1) is 56.8. The monoisotopic (exact) mass is 1100 g/mol. The number of ether oxygens (including phenoxy) is 1. The van der Waals surface area contributed by atoms with Gasteiger partial charge in [0.2, 0.25) is 31.9 Å². The number of carbonyl (C=O) groups excluding carboxylic acids is 3. The second-order valence-corrected chi connectivity index (χ2v) is 24.1. The number of benzene rings is 6. The van der Waals surface area contributed by atoms with Crippen molar-refractivity contribution in [2.45, 2.75) is 65.4 Å². The number of nitrogens with one attached hydrogen (secondary N) is 2. The van der Waals surface area contributed by atoms with E-state index in [0.29, 0.717) is 22.6 Å². The summed E-state index contributed by atoms with van der Waals surface area (Å²) in [5.41, 5.74) is 10.8. The normalized spacial score (nSPS) is 17.3. The minimum absolute atomic E-state index is 0.0326. The molecule has 6 aromatic carbocycles. The van der Waals surface area contributed by atoms with Crippen molar-refractivity contribution in [2.75, 3.05) is 37.8 Å². The molecule has 5 atom stereocenters. The number of hydrogen-bond donors (Lipinski definition) is 4. The van der Waals surface area contributed by atoms with Gasteiger partial charge < -0.3 is 26.2 Å². The van der Waals surface area contributed by atoms with Gasteiger partial charge in [-0.1, -0.05) is 123 Å². The Kier molecular flexibility index (Phi) is 19.8. The first-order valence-corrected chi connectivity index (χ1v) is 29.2. The van der Waals surface area contributed by atoms with Gasteiger partial charge >= 0.3 is 5.97 Å². The lowest BCUT2D eigenvalue weighted by Crippen LogP contribution is -2.46. The minimum atomic E-state index is -3.96. The molecule has 8 rings (SSSR count). The molecule has 0 aliphatic carbocycles. The van der Waals surface area contributed by atoms with Crippen LogP contribution in [0.2, 0.25) is 0 Å². The second-order valence-electron chi connectivity index (χ2n) is 17.9. The summed E-state index contributed by atoms with van der Waals surface area (Å²) in [4.78, 5) is 39.0. The van der Waals surface area contributed by atoms with Crippen LogP contribution in [0.25, 0.3) is 22.3 Å². The van der Waals surface area contributed by atoms with Crippen LogP contribution >= 0.6 is 23.5 Å². The Labute approximate surface area is 445 Å². The molecule has 0 saturated carbocycles. The molecule has 0 spiro atoms. The van der Waals surface area contributed by atoms with Crippen molar-refractivity contribution in [3.05, 3.63) is 180 Å². The standard InChI is InChI=1S/C30H34FN3O5S2.C25H25FN2O4S2/c1-20(2)27(32)30(36)39-18-16-26(23-8-12-24(31)13-9-23)33-28(35)29-34(17-19-40-29)41(37,38)25-14-10-22(11-15-25)21-6-4-3-5-7-21;26-21-10-6-20(7-11-21)23(14-16-29)27-24(30)25-28(15-17-33-25)34(31,32)22-12-8-19(9-13-22)18-4-2-1-3-5-18/h3-15,20,26-27,29H,16-19,32H2,1-2H3,(H,33,35);1-13,23,25,29H,14-17H2,(H,27,30)/t26-,27-,29-;23-,25-/m00/s1. The van der Waals surface area contributed by atoms with Crippen molar-refractivity contribution in [1.82, 2.24) is 19.2 Å². The average molecular weight is 1100 g/mol. The maximum Gasteiger partial charge on any atom is 0.323 e. The molecule has 2 aliphatic rings. The molecule has 20 heteroatoms. The highest BCUT2D eigenvalue weighted by Gasteiger charge is 2.42. The molecular weight excluding hydrogens is 1040 g/mol. The van der Waals surface area contributed by atoms with Crippen LogP contribution < -0.4 is 16.4 Å². The van der Waals surface area contributed by atoms with Gasteiger partial charge in [-0.2, -0.15) is 8.61 Å².